The van der Waals surface area contributed by atoms with Gasteiger partial charge in [0.1, 0.15) is 0 Å². The third kappa shape index (κ3) is 4.48. The van der Waals surface area contributed by atoms with Crippen molar-refractivity contribution in [2.75, 3.05) is 0 Å². The van der Waals surface area contributed by atoms with Gasteiger partial charge in [0.25, 0.3) is 11.8 Å². The maximum Gasteiger partial charge on any atom is 0.253 e. The minimum absolute atomic E-state index is 0.115. The number of carbonyl (C=O) groups is 3. The molecule has 1 heterocycles. The molecule has 164 valence electrons. The van der Waals surface area contributed by atoms with Gasteiger partial charge in [-0.3, -0.25) is 19.3 Å². The first-order valence-electron chi connectivity index (χ1n) is 12.2. The molecule has 4 rings (SSSR count). The molecule has 4 nitrogen and oxygen atoms in total. The second-order valence-electron chi connectivity index (χ2n) is 10.4. The van der Waals surface area contributed by atoms with E-state index in [0.29, 0.717) is 5.78 Å². The molecule has 0 saturated heterocycles. The van der Waals surface area contributed by atoms with Gasteiger partial charge < -0.3 is 0 Å². The van der Waals surface area contributed by atoms with E-state index >= 15 is 0 Å². The van der Waals surface area contributed by atoms with Crippen molar-refractivity contribution >= 4 is 17.6 Å². The van der Waals surface area contributed by atoms with Crippen molar-refractivity contribution in [2.24, 2.45) is 29.6 Å². The number of hydrogen-bond donors (Lipinski definition) is 0. The number of allylic oxidation sites excluding steroid dienone is 1. The first-order chi connectivity index (χ1) is 14.4. The fourth-order valence-electron chi connectivity index (χ4n) is 6.89. The summed E-state index contributed by atoms with van der Waals surface area (Å²) in [6.45, 7) is 5.69. The Morgan fingerprint density at radius 2 is 1.10 bits per heavy atom. The van der Waals surface area contributed by atoms with Gasteiger partial charge >= 0.3 is 0 Å². The van der Waals surface area contributed by atoms with Gasteiger partial charge in [-0.15, -0.1) is 0 Å². The highest BCUT2D eigenvalue weighted by Crippen LogP contribution is 2.46. The van der Waals surface area contributed by atoms with Crippen molar-refractivity contribution in [3.63, 3.8) is 0 Å². The number of nitrogens with zero attached hydrogens (tertiary/aromatic N) is 1. The average molecular weight is 412 g/mol. The smallest absolute Gasteiger partial charge is 0.253 e. The predicted octanol–water partition coefficient (Wildman–Crippen LogP) is 5.23. The summed E-state index contributed by atoms with van der Waals surface area (Å²) < 4.78 is 0. The molecule has 0 spiro atoms. The summed E-state index contributed by atoms with van der Waals surface area (Å²) in [5, 5.41) is 0. The molecular formula is C26H37NO3. The summed E-state index contributed by atoms with van der Waals surface area (Å²) >= 11 is 0. The number of rotatable bonds is 5. The topological polar surface area (TPSA) is 54.5 Å². The molecule has 4 heteroatoms. The van der Waals surface area contributed by atoms with Gasteiger partial charge in [-0.1, -0.05) is 6.58 Å². The molecule has 3 aliphatic carbocycles. The molecule has 0 bridgehead atoms. The fourth-order valence-corrected chi connectivity index (χ4v) is 6.89. The first-order valence-corrected chi connectivity index (χ1v) is 12.2. The van der Waals surface area contributed by atoms with E-state index in [4.69, 9.17) is 0 Å². The van der Waals surface area contributed by atoms with E-state index in [1.807, 2.05) is 6.92 Å². The van der Waals surface area contributed by atoms with Gasteiger partial charge in [0, 0.05) is 24.1 Å². The zero-order valence-corrected chi connectivity index (χ0v) is 18.5. The summed E-state index contributed by atoms with van der Waals surface area (Å²) in [6, 6.07) is 0.115. The molecule has 0 N–H and O–H groups in total. The molecule has 3 saturated carbocycles. The summed E-state index contributed by atoms with van der Waals surface area (Å²) in [7, 11) is 0. The van der Waals surface area contributed by atoms with Gasteiger partial charge in [-0.2, -0.15) is 0 Å². The second kappa shape index (κ2) is 9.20. The lowest BCUT2D eigenvalue weighted by Crippen LogP contribution is -2.43. The summed E-state index contributed by atoms with van der Waals surface area (Å²) in [4.78, 5) is 37.6. The Balaban J connectivity index is 1.20. The largest absolute Gasteiger partial charge is 0.294 e. The molecule has 3 fully saturated rings. The number of carbonyl (C=O) groups excluding carboxylic acids is 3. The van der Waals surface area contributed by atoms with Crippen molar-refractivity contribution in [1.29, 1.82) is 0 Å². The Kier molecular flexibility index (Phi) is 6.60. The normalized spacial score (nSPS) is 37.4. The van der Waals surface area contributed by atoms with Crippen LogP contribution in [0, 0.1) is 29.6 Å². The number of Topliss-reactive ketones (excluding diaryl/α,β-unsaturated/α-hetero) is 1. The third-order valence-electron chi connectivity index (χ3n) is 8.66. The maximum atomic E-state index is 12.2. The molecule has 30 heavy (non-hydrogen) atoms. The Morgan fingerprint density at radius 3 is 1.50 bits per heavy atom. The molecule has 0 aromatic rings. The number of amides is 2. The van der Waals surface area contributed by atoms with Crippen molar-refractivity contribution in [1.82, 2.24) is 4.90 Å². The van der Waals surface area contributed by atoms with E-state index in [2.05, 4.69) is 6.58 Å². The van der Waals surface area contributed by atoms with Gasteiger partial charge in [-0.25, -0.2) is 0 Å². The molecule has 2 amide bonds. The monoisotopic (exact) mass is 411 g/mol. The van der Waals surface area contributed by atoms with Crippen LogP contribution in [0.3, 0.4) is 0 Å². The lowest BCUT2D eigenvalue weighted by Gasteiger charge is -2.42. The summed E-state index contributed by atoms with van der Waals surface area (Å²) in [6.07, 6.45) is 17.0. The Bertz CT molecular complexity index is 697. The zero-order valence-electron chi connectivity index (χ0n) is 18.5. The standard InChI is InChI=1S/C26H37NO3/c1-17(2)26(30)22-9-7-20(8-10-22)18-3-5-19(6-4-18)21-11-13-23(14-12-21)27-24(28)15-16-25(27)29/h15-16,18-23H,1,3-14H2,2H3. The van der Waals surface area contributed by atoms with Crippen molar-refractivity contribution in [2.45, 2.75) is 90.0 Å². The Labute approximate surface area is 181 Å². The van der Waals surface area contributed by atoms with E-state index in [1.54, 1.807) is 0 Å². The van der Waals surface area contributed by atoms with Gasteiger partial charge in [0.2, 0.25) is 0 Å². The third-order valence-corrected chi connectivity index (χ3v) is 8.66. The van der Waals surface area contributed by atoms with Crippen LogP contribution in [0.5, 0.6) is 0 Å². The van der Waals surface area contributed by atoms with Crippen molar-refractivity contribution < 1.29 is 14.4 Å². The zero-order chi connectivity index (χ0) is 21.3. The fraction of sp³-hybridized carbons (Fsp3) is 0.731. The van der Waals surface area contributed by atoms with Gasteiger partial charge in [-0.05, 0) is 113 Å². The van der Waals surface area contributed by atoms with Crippen LogP contribution in [0.25, 0.3) is 0 Å². The van der Waals surface area contributed by atoms with E-state index in [9.17, 15) is 14.4 Å². The second-order valence-corrected chi connectivity index (χ2v) is 10.4. The number of ketones is 1. The van der Waals surface area contributed by atoms with Crippen molar-refractivity contribution in [3.8, 4) is 0 Å². The molecule has 0 unspecified atom stereocenters. The molecular weight excluding hydrogens is 374 g/mol. The van der Waals surface area contributed by atoms with E-state index < -0.39 is 0 Å². The highest BCUT2D eigenvalue weighted by molar-refractivity contribution is 6.13. The average Bonchev–Trinajstić information content (AvgIpc) is 3.11. The molecule has 1 aliphatic heterocycles. The van der Waals surface area contributed by atoms with Crippen LogP contribution in [0.2, 0.25) is 0 Å². The predicted molar refractivity (Wildman–Crippen MR) is 117 cm³/mol. The lowest BCUT2D eigenvalue weighted by molar-refractivity contribution is -0.140. The molecule has 0 aromatic heterocycles. The van der Waals surface area contributed by atoms with Crippen LogP contribution >= 0.6 is 0 Å². The summed E-state index contributed by atoms with van der Waals surface area (Å²) in [5.74, 6) is 3.54. The van der Waals surface area contributed by atoms with Crippen LogP contribution < -0.4 is 0 Å². The van der Waals surface area contributed by atoms with Crippen LogP contribution in [0.15, 0.2) is 24.3 Å². The van der Waals surface area contributed by atoms with Crippen LogP contribution in [-0.2, 0) is 14.4 Å². The molecule has 0 atom stereocenters. The quantitative estimate of drug-likeness (QED) is 0.460. The number of imide groups is 1. The maximum absolute atomic E-state index is 12.2. The van der Waals surface area contributed by atoms with Crippen LogP contribution in [0.4, 0.5) is 0 Å². The van der Waals surface area contributed by atoms with Crippen LogP contribution in [-0.4, -0.2) is 28.5 Å². The van der Waals surface area contributed by atoms with Gasteiger partial charge in [0.15, 0.2) is 5.78 Å². The molecule has 0 aromatic carbocycles. The minimum Gasteiger partial charge on any atom is -0.294 e. The first kappa shape index (κ1) is 21.5. The Morgan fingerprint density at radius 1 is 0.733 bits per heavy atom. The van der Waals surface area contributed by atoms with E-state index in [0.717, 1.165) is 67.8 Å². The van der Waals surface area contributed by atoms with Crippen LogP contribution in [0.1, 0.15) is 84.0 Å². The molecule has 4 aliphatic rings. The highest BCUT2D eigenvalue weighted by Gasteiger charge is 2.38. The van der Waals surface area contributed by atoms with Gasteiger partial charge in [0.05, 0.1) is 0 Å². The number of hydrogen-bond acceptors (Lipinski definition) is 3. The summed E-state index contributed by atoms with van der Waals surface area (Å²) in [5.41, 5.74) is 0.725. The lowest BCUT2D eigenvalue weighted by atomic mass is 9.65. The highest BCUT2D eigenvalue weighted by atomic mass is 16.2. The van der Waals surface area contributed by atoms with Crippen molar-refractivity contribution in [3.05, 3.63) is 24.3 Å². The Hall–Kier alpha value is -1.71. The van der Waals surface area contributed by atoms with E-state index in [-0.39, 0.29) is 23.8 Å². The molecule has 0 radical (unpaired) electrons. The SMILES string of the molecule is C=C(C)C(=O)C1CCC(C2CCC(C3CCC(N4C(=O)C=CC4=O)CC3)CC2)CC1. The minimum atomic E-state index is -0.122. The van der Waals surface area contributed by atoms with E-state index in [1.165, 1.54) is 55.6 Å².